The van der Waals surface area contributed by atoms with E-state index in [2.05, 4.69) is 10.3 Å². The number of hydrogen-bond acceptors (Lipinski definition) is 6. The second-order valence-electron chi connectivity index (χ2n) is 8.26. The van der Waals surface area contributed by atoms with Crippen LogP contribution < -0.4 is 10.1 Å². The molecular weight excluding hydrogens is 458 g/mol. The SMILES string of the molecule is COCCOC(=O)C1=C(C)N(Cc2ccccc2)C(=O)N[C@H]1c1cccc(OCc2ccccn2)c1. The summed E-state index contributed by atoms with van der Waals surface area (Å²) in [6.45, 7) is 2.78. The van der Waals surface area contributed by atoms with Crippen LogP contribution in [0.15, 0.2) is 90.3 Å². The summed E-state index contributed by atoms with van der Waals surface area (Å²) >= 11 is 0. The Balaban J connectivity index is 1.63. The van der Waals surface area contributed by atoms with Gasteiger partial charge in [0.15, 0.2) is 0 Å². The lowest BCUT2D eigenvalue weighted by Gasteiger charge is -2.35. The molecule has 186 valence electrons. The molecule has 2 amide bonds. The van der Waals surface area contributed by atoms with Crippen molar-refractivity contribution in [3.63, 3.8) is 0 Å². The van der Waals surface area contributed by atoms with Gasteiger partial charge in [0.1, 0.15) is 19.0 Å². The highest BCUT2D eigenvalue weighted by molar-refractivity contribution is 5.95. The molecule has 0 bridgehead atoms. The summed E-state index contributed by atoms with van der Waals surface area (Å²) in [6, 6.07) is 21.6. The number of nitrogens with one attached hydrogen (secondary N) is 1. The van der Waals surface area contributed by atoms with Crippen LogP contribution in [0.2, 0.25) is 0 Å². The first-order valence-electron chi connectivity index (χ1n) is 11.7. The lowest BCUT2D eigenvalue weighted by Crippen LogP contribution is -2.47. The lowest BCUT2D eigenvalue weighted by atomic mass is 9.94. The minimum atomic E-state index is -0.696. The van der Waals surface area contributed by atoms with E-state index in [1.165, 1.54) is 0 Å². The number of urea groups is 1. The first kappa shape index (κ1) is 24.9. The van der Waals surface area contributed by atoms with Gasteiger partial charge in [0, 0.05) is 19.0 Å². The van der Waals surface area contributed by atoms with Crippen LogP contribution >= 0.6 is 0 Å². The zero-order valence-corrected chi connectivity index (χ0v) is 20.3. The summed E-state index contributed by atoms with van der Waals surface area (Å²) < 4.78 is 16.4. The smallest absolute Gasteiger partial charge is 0.338 e. The number of aromatic nitrogens is 1. The number of amides is 2. The maximum Gasteiger partial charge on any atom is 0.338 e. The Morgan fingerprint density at radius 3 is 2.58 bits per heavy atom. The third-order valence-electron chi connectivity index (χ3n) is 5.82. The molecule has 36 heavy (non-hydrogen) atoms. The van der Waals surface area contributed by atoms with Crippen molar-refractivity contribution in [2.45, 2.75) is 26.1 Å². The van der Waals surface area contributed by atoms with E-state index in [0.717, 1.165) is 11.3 Å². The van der Waals surface area contributed by atoms with Crippen molar-refractivity contribution in [1.82, 2.24) is 15.2 Å². The van der Waals surface area contributed by atoms with E-state index < -0.39 is 12.0 Å². The van der Waals surface area contributed by atoms with Crippen LogP contribution in [0.4, 0.5) is 4.79 Å². The molecular formula is C28H29N3O5. The molecule has 1 aromatic heterocycles. The normalized spacial score (nSPS) is 15.4. The van der Waals surface area contributed by atoms with Gasteiger partial charge >= 0.3 is 12.0 Å². The zero-order chi connectivity index (χ0) is 25.3. The molecule has 3 aromatic rings. The molecule has 0 fully saturated rings. The summed E-state index contributed by atoms with van der Waals surface area (Å²) in [6.07, 6.45) is 1.71. The molecule has 1 N–H and O–H groups in total. The average molecular weight is 488 g/mol. The number of carbonyl (C=O) groups is 2. The maximum atomic E-state index is 13.2. The number of rotatable bonds is 10. The second-order valence-corrected chi connectivity index (χ2v) is 8.26. The maximum absolute atomic E-state index is 13.2. The molecule has 4 rings (SSSR count). The molecule has 1 atom stereocenters. The van der Waals surface area contributed by atoms with Crippen molar-refractivity contribution in [3.05, 3.63) is 107 Å². The van der Waals surface area contributed by atoms with Gasteiger partial charge in [-0.2, -0.15) is 0 Å². The van der Waals surface area contributed by atoms with Crippen molar-refractivity contribution in [2.24, 2.45) is 0 Å². The van der Waals surface area contributed by atoms with Gasteiger partial charge in [0.2, 0.25) is 0 Å². The van der Waals surface area contributed by atoms with Gasteiger partial charge < -0.3 is 19.5 Å². The van der Waals surface area contributed by atoms with E-state index >= 15 is 0 Å². The van der Waals surface area contributed by atoms with E-state index in [1.807, 2.05) is 72.8 Å². The highest BCUT2D eigenvalue weighted by atomic mass is 16.6. The number of nitrogens with zero attached hydrogens (tertiary/aromatic N) is 2. The van der Waals surface area contributed by atoms with Gasteiger partial charge in [-0.25, -0.2) is 9.59 Å². The Kier molecular flexibility index (Phi) is 8.31. The van der Waals surface area contributed by atoms with Gasteiger partial charge in [-0.3, -0.25) is 9.88 Å². The quantitative estimate of drug-likeness (QED) is 0.337. The highest BCUT2D eigenvalue weighted by Gasteiger charge is 2.36. The number of methoxy groups -OCH3 is 1. The van der Waals surface area contributed by atoms with E-state index in [9.17, 15) is 9.59 Å². The van der Waals surface area contributed by atoms with E-state index in [-0.39, 0.29) is 19.2 Å². The third-order valence-corrected chi connectivity index (χ3v) is 5.82. The van der Waals surface area contributed by atoms with Crippen molar-refractivity contribution in [2.75, 3.05) is 20.3 Å². The van der Waals surface area contributed by atoms with Crippen molar-refractivity contribution < 1.29 is 23.8 Å². The number of allylic oxidation sites excluding steroid dienone is 1. The minimum Gasteiger partial charge on any atom is -0.487 e. The predicted octanol–water partition coefficient (Wildman–Crippen LogP) is 4.39. The average Bonchev–Trinajstić information content (AvgIpc) is 2.91. The number of benzene rings is 2. The van der Waals surface area contributed by atoms with Gasteiger partial charge in [-0.15, -0.1) is 0 Å². The number of carbonyl (C=O) groups excluding carboxylic acids is 2. The molecule has 0 spiro atoms. The number of pyridine rings is 1. The Morgan fingerprint density at radius 2 is 1.83 bits per heavy atom. The fourth-order valence-corrected chi connectivity index (χ4v) is 3.97. The van der Waals surface area contributed by atoms with Gasteiger partial charge in [0.05, 0.1) is 30.5 Å². The van der Waals surface area contributed by atoms with Crippen LogP contribution in [0.25, 0.3) is 0 Å². The van der Waals surface area contributed by atoms with Crippen LogP contribution in [-0.2, 0) is 27.4 Å². The zero-order valence-electron chi connectivity index (χ0n) is 20.3. The molecule has 2 heterocycles. The molecule has 1 aliphatic rings. The van der Waals surface area contributed by atoms with Gasteiger partial charge in [-0.1, -0.05) is 48.5 Å². The minimum absolute atomic E-state index is 0.110. The van der Waals surface area contributed by atoms with Gasteiger partial charge in [-0.05, 0) is 42.3 Å². The van der Waals surface area contributed by atoms with Crippen LogP contribution in [-0.4, -0.2) is 42.2 Å². The first-order chi connectivity index (χ1) is 17.6. The second kappa shape index (κ2) is 12.0. The summed E-state index contributed by atoms with van der Waals surface area (Å²) in [7, 11) is 1.54. The predicted molar refractivity (Wildman–Crippen MR) is 134 cm³/mol. The molecule has 0 unspecified atom stereocenters. The van der Waals surface area contributed by atoms with Gasteiger partial charge in [0.25, 0.3) is 0 Å². The largest absolute Gasteiger partial charge is 0.487 e. The van der Waals surface area contributed by atoms with E-state index in [4.69, 9.17) is 14.2 Å². The fourth-order valence-electron chi connectivity index (χ4n) is 3.97. The fraction of sp³-hybridized carbons (Fsp3) is 0.250. The van der Waals surface area contributed by atoms with E-state index in [1.54, 1.807) is 25.1 Å². The van der Waals surface area contributed by atoms with Crippen LogP contribution in [0.5, 0.6) is 5.75 Å². The van der Waals surface area contributed by atoms with Crippen LogP contribution in [0, 0.1) is 0 Å². The van der Waals surface area contributed by atoms with E-state index in [0.29, 0.717) is 35.7 Å². The molecule has 0 radical (unpaired) electrons. The number of ether oxygens (including phenoxy) is 3. The molecule has 0 aliphatic carbocycles. The molecule has 0 saturated carbocycles. The summed E-state index contributed by atoms with van der Waals surface area (Å²) in [5.74, 6) is 0.0938. The molecule has 8 nitrogen and oxygen atoms in total. The van der Waals surface area contributed by atoms with Crippen LogP contribution in [0.3, 0.4) is 0 Å². The number of hydrogen-bond donors (Lipinski definition) is 1. The topological polar surface area (TPSA) is 90.0 Å². The van der Waals surface area contributed by atoms with Crippen LogP contribution in [0.1, 0.15) is 29.8 Å². The Morgan fingerprint density at radius 1 is 1.03 bits per heavy atom. The first-order valence-corrected chi connectivity index (χ1v) is 11.7. The van der Waals surface area contributed by atoms with Crippen molar-refractivity contribution in [1.29, 1.82) is 0 Å². The highest BCUT2D eigenvalue weighted by Crippen LogP contribution is 2.33. The molecule has 1 aliphatic heterocycles. The van der Waals surface area contributed by atoms with Crippen molar-refractivity contribution >= 4 is 12.0 Å². The molecule has 2 aromatic carbocycles. The Hall–Kier alpha value is -4.17. The Bertz CT molecular complexity index is 1210. The molecule has 0 saturated heterocycles. The molecule has 8 heteroatoms. The third kappa shape index (κ3) is 6.09. The summed E-state index contributed by atoms with van der Waals surface area (Å²) in [5.41, 5.74) is 3.35. The summed E-state index contributed by atoms with van der Waals surface area (Å²) in [4.78, 5) is 32.2. The monoisotopic (exact) mass is 487 g/mol. The summed E-state index contributed by atoms with van der Waals surface area (Å²) in [5, 5.41) is 2.98. The lowest BCUT2D eigenvalue weighted by molar-refractivity contribution is -0.140. The number of esters is 1. The van der Waals surface area contributed by atoms with Crippen molar-refractivity contribution in [3.8, 4) is 5.75 Å². The standard InChI is InChI=1S/C28H29N3O5/c1-20-25(27(32)35-16-15-34-2)26(30-28(33)31(20)18-21-9-4-3-5-10-21)22-11-8-13-24(17-22)36-19-23-12-6-7-14-29-23/h3-14,17,26H,15-16,18-19H2,1-2H3,(H,30,33)/t26-/m0/s1. The Labute approximate surface area is 210 Å².